The van der Waals surface area contributed by atoms with Crippen LogP contribution in [0.15, 0.2) is 16.6 Å². The van der Waals surface area contributed by atoms with Crippen LogP contribution in [0.25, 0.3) is 0 Å². The topological polar surface area (TPSA) is 52.0 Å². The van der Waals surface area contributed by atoms with Gasteiger partial charge in [-0.2, -0.15) is 0 Å². The van der Waals surface area contributed by atoms with Crippen LogP contribution in [0.4, 0.5) is 11.4 Å². The molecule has 0 saturated heterocycles. The van der Waals surface area contributed by atoms with Gasteiger partial charge in [0.2, 0.25) is 0 Å². The summed E-state index contributed by atoms with van der Waals surface area (Å²) in [4.78, 5) is 0. The molecular weight excluding hydrogens is 263 g/mol. The van der Waals surface area contributed by atoms with Gasteiger partial charge in [0, 0.05) is 4.47 Å². The van der Waals surface area contributed by atoms with E-state index < -0.39 is 0 Å². The molecule has 0 amide bonds. The van der Waals surface area contributed by atoms with Gasteiger partial charge in [-0.25, -0.2) is 0 Å². The molecule has 0 aliphatic carbocycles. The zero-order valence-electron chi connectivity index (χ0n) is 6.50. The summed E-state index contributed by atoms with van der Waals surface area (Å²) in [5.74, 6) is 0. The summed E-state index contributed by atoms with van der Waals surface area (Å²) >= 11 is 3.28. The van der Waals surface area contributed by atoms with Crippen molar-refractivity contribution in [2.45, 2.75) is 6.92 Å². The number of nitrogen functional groups attached to an aromatic ring is 2. The molecule has 1 aromatic carbocycles. The van der Waals surface area contributed by atoms with Crippen molar-refractivity contribution in [3.05, 3.63) is 22.2 Å². The average molecular weight is 274 g/mol. The molecule has 0 heterocycles. The molecule has 1 rings (SSSR count). The summed E-state index contributed by atoms with van der Waals surface area (Å²) in [6, 6.07) is 3.82. The minimum absolute atomic E-state index is 0. The fourth-order valence-corrected chi connectivity index (χ4v) is 1.06. The third kappa shape index (κ3) is 2.73. The monoisotopic (exact) mass is 272 g/mol. The van der Waals surface area contributed by atoms with Gasteiger partial charge < -0.3 is 11.5 Å². The van der Waals surface area contributed by atoms with Gasteiger partial charge in [0.15, 0.2) is 0 Å². The lowest BCUT2D eigenvalue weighted by atomic mass is 10.2. The highest BCUT2D eigenvalue weighted by atomic mass is 79.9. The molecule has 2 nitrogen and oxygen atoms in total. The van der Waals surface area contributed by atoms with Gasteiger partial charge in [-0.15, -0.1) is 24.8 Å². The molecule has 0 aromatic heterocycles. The zero-order chi connectivity index (χ0) is 7.72. The Kier molecular flexibility index (Phi) is 6.62. The van der Waals surface area contributed by atoms with E-state index in [4.69, 9.17) is 11.5 Å². The first-order valence-electron chi connectivity index (χ1n) is 2.93. The van der Waals surface area contributed by atoms with E-state index in [0.29, 0.717) is 11.4 Å². The summed E-state index contributed by atoms with van der Waals surface area (Å²) in [7, 11) is 0. The van der Waals surface area contributed by atoms with Gasteiger partial charge in [-0.1, -0.05) is 6.07 Å². The summed E-state index contributed by atoms with van der Waals surface area (Å²) in [5.41, 5.74) is 13.5. The normalized spacial score (nSPS) is 8.17. The Morgan fingerprint density at radius 2 is 1.58 bits per heavy atom. The molecule has 0 fully saturated rings. The first-order chi connectivity index (χ1) is 4.63. The van der Waals surface area contributed by atoms with Crippen molar-refractivity contribution >= 4 is 52.1 Å². The Hall–Kier alpha value is -0.120. The molecule has 4 N–H and O–H groups in total. The van der Waals surface area contributed by atoms with Crippen molar-refractivity contribution in [2.75, 3.05) is 11.5 Å². The van der Waals surface area contributed by atoms with E-state index in [2.05, 4.69) is 15.9 Å². The highest BCUT2D eigenvalue weighted by molar-refractivity contribution is 9.10. The number of hydrogen-bond donors (Lipinski definition) is 2. The number of benzene rings is 1. The molecule has 0 radical (unpaired) electrons. The third-order valence-corrected chi connectivity index (χ3v) is 2.14. The van der Waals surface area contributed by atoms with E-state index in [0.717, 1.165) is 10.0 Å². The predicted molar refractivity (Wildman–Crippen MR) is 62.2 cm³/mol. The van der Waals surface area contributed by atoms with Gasteiger partial charge in [-0.05, 0) is 34.5 Å². The zero-order valence-corrected chi connectivity index (χ0v) is 9.72. The molecule has 5 heteroatoms. The number of nitrogens with two attached hydrogens (primary N) is 2. The highest BCUT2D eigenvalue weighted by Gasteiger charge is 2.00. The molecular formula is C7H11BrCl2N2. The molecule has 1 aromatic rings. The summed E-state index contributed by atoms with van der Waals surface area (Å²) in [6.45, 7) is 1.93. The lowest BCUT2D eigenvalue weighted by Crippen LogP contribution is -1.97. The van der Waals surface area contributed by atoms with Crippen molar-refractivity contribution in [3.63, 3.8) is 0 Å². The van der Waals surface area contributed by atoms with Crippen LogP contribution in [0.5, 0.6) is 0 Å². The predicted octanol–water partition coefficient (Wildman–Crippen LogP) is 2.77. The van der Waals surface area contributed by atoms with Crippen LogP contribution < -0.4 is 11.5 Å². The number of halogens is 3. The van der Waals surface area contributed by atoms with E-state index in [1.165, 1.54) is 0 Å². The van der Waals surface area contributed by atoms with E-state index in [9.17, 15) is 0 Å². The van der Waals surface area contributed by atoms with Crippen LogP contribution in [-0.2, 0) is 0 Å². The Balaban J connectivity index is 0. The molecule has 12 heavy (non-hydrogen) atoms. The van der Waals surface area contributed by atoms with Crippen molar-refractivity contribution < 1.29 is 0 Å². The van der Waals surface area contributed by atoms with Crippen LogP contribution in [0.2, 0.25) is 0 Å². The summed E-state index contributed by atoms with van der Waals surface area (Å²) in [6.07, 6.45) is 0. The van der Waals surface area contributed by atoms with Gasteiger partial charge in [0.25, 0.3) is 0 Å². The summed E-state index contributed by atoms with van der Waals surface area (Å²) < 4.78 is 0.857. The molecule has 0 spiro atoms. The van der Waals surface area contributed by atoms with Crippen LogP contribution >= 0.6 is 40.7 Å². The number of rotatable bonds is 0. The second kappa shape index (κ2) is 5.51. The van der Waals surface area contributed by atoms with Crippen molar-refractivity contribution in [1.29, 1.82) is 0 Å². The number of aryl methyl sites for hydroxylation is 1. The number of anilines is 2. The average Bonchev–Trinajstić information content (AvgIpc) is 1.93. The molecule has 0 bridgehead atoms. The molecule has 0 atom stereocenters. The Bertz CT molecular complexity index is 239. The molecule has 0 aliphatic heterocycles. The maximum atomic E-state index is 5.63. The van der Waals surface area contributed by atoms with E-state index in [1.807, 2.05) is 19.1 Å². The largest absolute Gasteiger partial charge is 0.397 e. The quantitative estimate of drug-likeness (QED) is 0.715. The maximum Gasteiger partial charge on any atom is 0.0694 e. The maximum absolute atomic E-state index is 5.63. The minimum Gasteiger partial charge on any atom is -0.397 e. The van der Waals surface area contributed by atoms with Gasteiger partial charge in [0.05, 0.1) is 11.4 Å². The molecule has 70 valence electrons. The minimum atomic E-state index is 0. The van der Waals surface area contributed by atoms with E-state index in [-0.39, 0.29) is 24.8 Å². The van der Waals surface area contributed by atoms with Crippen LogP contribution in [0.3, 0.4) is 0 Å². The standard InChI is InChI=1S/C7H9BrN2.2ClH/c1-4-2-3-5(8)7(10)6(4)9;;/h2-3H,9-10H2,1H3;2*1H. The fraction of sp³-hybridized carbons (Fsp3) is 0.143. The van der Waals surface area contributed by atoms with Crippen molar-refractivity contribution in [2.24, 2.45) is 0 Å². The Morgan fingerprint density at radius 1 is 1.08 bits per heavy atom. The van der Waals surface area contributed by atoms with Crippen molar-refractivity contribution in [3.8, 4) is 0 Å². The molecule has 0 saturated carbocycles. The molecule has 0 aliphatic rings. The second-order valence-electron chi connectivity index (χ2n) is 2.19. The van der Waals surface area contributed by atoms with Gasteiger partial charge in [0.1, 0.15) is 0 Å². The van der Waals surface area contributed by atoms with E-state index >= 15 is 0 Å². The highest BCUT2D eigenvalue weighted by Crippen LogP contribution is 2.27. The lowest BCUT2D eigenvalue weighted by molar-refractivity contribution is 1.46. The van der Waals surface area contributed by atoms with Gasteiger partial charge >= 0.3 is 0 Å². The Labute approximate surface area is 92.6 Å². The van der Waals surface area contributed by atoms with Crippen LogP contribution in [0, 0.1) is 6.92 Å². The smallest absolute Gasteiger partial charge is 0.0694 e. The van der Waals surface area contributed by atoms with E-state index in [1.54, 1.807) is 0 Å². The van der Waals surface area contributed by atoms with Crippen LogP contribution in [-0.4, -0.2) is 0 Å². The fourth-order valence-electron chi connectivity index (χ4n) is 0.719. The first-order valence-corrected chi connectivity index (χ1v) is 3.72. The van der Waals surface area contributed by atoms with Gasteiger partial charge in [-0.3, -0.25) is 0 Å². The third-order valence-electron chi connectivity index (χ3n) is 1.45. The first kappa shape index (κ1) is 14.4. The molecule has 0 unspecified atom stereocenters. The lowest BCUT2D eigenvalue weighted by Gasteiger charge is -2.04. The Morgan fingerprint density at radius 3 is 2.00 bits per heavy atom. The second-order valence-corrected chi connectivity index (χ2v) is 3.05. The number of hydrogen-bond acceptors (Lipinski definition) is 2. The SMILES string of the molecule is Cc1ccc(Br)c(N)c1N.Cl.Cl. The summed E-state index contributed by atoms with van der Waals surface area (Å²) in [5, 5.41) is 0. The van der Waals surface area contributed by atoms with Crippen LogP contribution in [0.1, 0.15) is 5.56 Å². The van der Waals surface area contributed by atoms with Crippen molar-refractivity contribution in [1.82, 2.24) is 0 Å².